The molecular formula is C23H33FN2O3S2. The first-order valence-electron chi connectivity index (χ1n) is 11.1. The lowest BCUT2D eigenvalue weighted by molar-refractivity contribution is -0.134. The van der Waals surface area contributed by atoms with Gasteiger partial charge in [-0.05, 0) is 56.6 Å². The van der Waals surface area contributed by atoms with Crippen molar-refractivity contribution in [3.63, 3.8) is 0 Å². The van der Waals surface area contributed by atoms with Crippen LogP contribution in [0.5, 0.6) is 5.75 Å². The Balaban J connectivity index is 1.99. The van der Waals surface area contributed by atoms with Gasteiger partial charge in [0.25, 0.3) is 0 Å². The predicted octanol–water partition coefficient (Wildman–Crippen LogP) is 6.33. The number of hydrogen-bond acceptors (Lipinski definition) is 6. The summed E-state index contributed by atoms with van der Waals surface area (Å²) in [5.74, 6) is -2.45. The molecule has 0 saturated heterocycles. The molecule has 0 radical (unpaired) electrons. The number of halogens is 1. The number of ether oxygens (including phenoxy) is 1. The van der Waals surface area contributed by atoms with Gasteiger partial charge in [-0.15, -0.1) is 11.8 Å². The van der Waals surface area contributed by atoms with E-state index in [9.17, 15) is 9.18 Å². The second kappa shape index (κ2) is 11.5. The van der Waals surface area contributed by atoms with Gasteiger partial charge in [-0.2, -0.15) is 4.39 Å². The van der Waals surface area contributed by atoms with Crippen molar-refractivity contribution in [3.05, 3.63) is 24.2 Å². The third-order valence-electron chi connectivity index (χ3n) is 6.12. The number of thioether (sulfide) groups is 1. The van der Waals surface area contributed by atoms with Crippen molar-refractivity contribution in [1.82, 2.24) is 4.31 Å². The summed E-state index contributed by atoms with van der Waals surface area (Å²) in [5, 5.41) is 8.78. The van der Waals surface area contributed by atoms with Crippen molar-refractivity contribution in [3.8, 4) is 5.75 Å². The summed E-state index contributed by atoms with van der Waals surface area (Å²) in [6.07, 6.45) is 12.5. The Morgan fingerprint density at radius 3 is 2.74 bits per heavy atom. The molecule has 3 rings (SSSR count). The molecule has 1 saturated carbocycles. The van der Waals surface area contributed by atoms with E-state index in [-0.39, 0.29) is 0 Å². The summed E-state index contributed by atoms with van der Waals surface area (Å²) < 4.78 is 21.3. The van der Waals surface area contributed by atoms with Gasteiger partial charge in [-0.25, -0.2) is 9.10 Å². The van der Waals surface area contributed by atoms with Crippen LogP contribution in [0.15, 0.2) is 34.0 Å². The van der Waals surface area contributed by atoms with E-state index >= 15 is 0 Å². The van der Waals surface area contributed by atoms with Crippen LogP contribution < -0.4 is 9.64 Å². The van der Waals surface area contributed by atoms with Crippen molar-refractivity contribution in [2.75, 3.05) is 24.7 Å². The third-order valence-corrected chi connectivity index (χ3v) is 7.99. The molecule has 1 aromatic rings. The van der Waals surface area contributed by atoms with Crippen LogP contribution >= 0.6 is 23.7 Å². The van der Waals surface area contributed by atoms with Crippen LogP contribution in [-0.4, -0.2) is 47.3 Å². The molecule has 0 bridgehead atoms. The first kappa shape index (κ1) is 24.3. The summed E-state index contributed by atoms with van der Waals surface area (Å²) >= 11 is 3.23. The molecule has 31 heavy (non-hydrogen) atoms. The first-order chi connectivity index (χ1) is 14.9. The molecule has 1 heterocycles. The van der Waals surface area contributed by atoms with Gasteiger partial charge in [0, 0.05) is 18.6 Å². The molecule has 0 amide bonds. The second-order valence-corrected chi connectivity index (χ2v) is 10.3. The SMILES string of the molecule is CCCCC1CN(C2CCCCC2)c2cc(SC)c(O/C=C(\F)C(=O)O)cc2SN1C. The molecule has 1 aromatic carbocycles. The molecule has 1 atom stereocenters. The van der Waals surface area contributed by atoms with E-state index in [0.717, 1.165) is 22.8 Å². The van der Waals surface area contributed by atoms with Gasteiger partial charge in [0.2, 0.25) is 5.83 Å². The highest BCUT2D eigenvalue weighted by atomic mass is 32.2. The van der Waals surface area contributed by atoms with Crippen molar-refractivity contribution in [2.24, 2.45) is 0 Å². The molecule has 5 nitrogen and oxygen atoms in total. The largest absolute Gasteiger partial charge is 0.476 e. The predicted molar refractivity (Wildman–Crippen MR) is 127 cm³/mol. The van der Waals surface area contributed by atoms with E-state index in [2.05, 4.69) is 29.2 Å². The minimum atomic E-state index is -1.63. The molecule has 1 aliphatic heterocycles. The van der Waals surface area contributed by atoms with Gasteiger partial charge >= 0.3 is 5.97 Å². The van der Waals surface area contributed by atoms with Crippen LogP contribution in [0.3, 0.4) is 0 Å². The highest BCUT2D eigenvalue weighted by molar-refractivity contribution is 7.98. The monoisotopic (exact) mass is 468 g/mol. The van der Waals surface area contributed by atoms with E-state index in [0.29, 0.717) is 24.1 Å². The normalized spacial score (nSPS) is 21.0. The van der Waals surface area contributed by atoms with Gasteiger partial charge in [-0.3, -0.25) is 0 Å². The van der Waals surface area contributed by atoms with Gasteiger partial charge in [-0.1, -0.05) is 39.0 Å². The zero-order valence-corrected chi connectivity index (χ0v) is 20.2. The number of nitrogens with zero attached hydrogens (tertiary/aromatic N) is 2. The molecule has 1 unspecified atom stereocenters. The zero-order chi connectivity index (χ0) is 22.4. The molecule has 172 valence electrons. The Hall–Kier alpha value is -1.38. The second-order valence-electron chi connectivity index (χ2n) is 8.24. The first-order valence-corrected chi connectivity index (χ1v) is 13.1. The summed E-state index contributed by atoms with van der Waals surface area (Å²) in [5.41, 5.74) is 1.21. The van der Waals surface area contributed by atoms with Gasteiger partial charge in [0.1, 0.15) is 12.0 Å². The van der Waals surface area contributed by atoms with Gasteiger partial charge < -0.3 is 14.7 Å². The summed E-state index contributed by atoms with van der Waals surface area (Å²) in [6.45, 7) is 3.23. The number of rotatable bonds is 8. The lowest BCUT2D eigenvalue weighted by Crippen LogP contribution is -2.44. The van der Waals surface area contributed by atoms with Crippen molar-refractivity contribution >= 4 is 35.4 Å². The Labute approximate surface area is 193 Å². The molecular weight excluding hydrogens is 435 g/mol. The lowest BCUT2D eigenvalue weighted by atomic mass is 9.93. The Morgan fingerprint density at radius 2 is 2.10 bits per heavy atom. The lowest BCUT2D eigenvalue weighted by Gasteiger charge is -2.38. The van der Waals surface area contributed by atoms with Crippen LogP contribution in [0.25, 0.3) is 0 Å². The van der Waals surface area contributed by atoms with E-state index in [4.69, 9.17) is 9.84 Å². The van der Waals surface area contributed by atoms with Crippen molar-refractivity contribution in [1.29, 1.82) is 0 Å². The highest BCUT2D eigenvalue weighted by Gasteiger charge is 2.32. The summed E-state index contributed by atoms with van der Waals surface area (Å²) in [7, 11) is 2.14. The Kier molecular flexibility index (Phi) is 8.98. The number of carbonyl (C=O) groups is 1. The fourth-order valence-electron chi connectivity index (χ4n) is 4.37. The molecule has 0 spiro atoms. The number of unbranched alkanes of at least 4 members (excludes halogenated alkanes) is 1. The molecule has 2 aliphatic rings. The number of fused-ring (bicyclic) bond motifs is 1. The zero-order valence-electron chi connectivity index (χ0n) is 18.6. The average molecular weight is 469 g/mol. The van der Waals surface area contributed by atoms with Crippen molar-refractivity contribution < 1.29 is 19.0 Å². The van der Waals surface area contributed by atoms with Crippen LogP contribution in [0.4, 0.5) is 10.1 Å². The van der Waals surface area contributed by atoms with Crippen LogP contribution in [0.1, 0.15) is 58.3 Å². The quantitative estimate of drug-likeness (QED) is 0.207. The van der Waals surface area contributed by atoms with Crippen LogP contribution in [0, 0.1) is 0 Å². The third kappa shape index (κ3) is 6.11. The van der Waals surface area contributed by atoms with Crippen molar-refractivity contribution in [2.45, 2.75) is 80.2 Å². The molecule has 1 aliphatic carbocycles. The van der Waals surface area contributed by atoms with Gasteiger partial charge in [0.05, 0.1) is 15.5 Å². The summed E-state index contributed by atoms with van der Waals surface area (Å²) in [6, 6.07) is 5.06. The minimum Gasteiger partial charge on any atom is -0.476 e. The average Bonchev–Trinajstić information content (AvgIpc) is 2.91. The number of carboxylic acid groups (broad SMARTS) is 1. The van der Waals surface area contributed by atoms with E-state index in [1.165, 1.54) is 62.4 Å². The maximum atomic E-state index is 13.5. The number of anilines is 1. The topological polar surface area (TPSA) is 53.0 Å². The molecule has 0 aromatic heterocycles. The fraction of sp³-hybridized carbons (Fsp3) is 0.609. The molecule has 1 fully saturated rings. The number of aliphatic carboxylic acids is 1. The van der Waals surface area contributed by atoms with Crippen LogP contribution in [-0.2, 0) is 4.79 Å². The molecule has 1 N–H and O–H groups in total. The smallest absolute Gasteiger partial charge is 0.368 e. The fourth-order valence-corrected chi connectivity index (χ4v) is 5.97. The Morgan fingerprint density at radius 1 is 1.35 bits per heavy atom. The maximum Gasteiger partial charge on any atom is 0.368 e. The van der Waals surface area contributed by atoms with Crippen LogP contribution in [0.2, 0.25) is 0 Å². The number of likely N-dealkylation sites (N-methyl/N-ethyl adjacent to an activating group) is 1. The number of carboxylic acids is 1. The van der Waals surface area contributed by atoms with E-state index in [1.54, 1.807) is 11.9 Å². The summed E-state index contributed by atoms with van der Waals surface area (Å²) in [4.78, 5) is 15.3. The Bertz CT molecular complexity index is 799. The van der Waals surface area contributed by atoms with E-state index < -0.39 is 11.8 Å². The maximum absolute atomic E-state index is 13.5. The highest BCUT2D eigenvalue weighted by Crippen LogP contribution is 2.45. The van der Waals surface area contributed by atoms with Gasteiger partial charge in [0.15, 0.2) is 0 Å². The number of benzene rings is 1. The minimum absolute atomic E-state index is 0.450. The number of hydrogen-bond donors (Lipinski definition) is 1. The molecule has 8 heteroatoms. The standard InChI is InChI=1S/C23H33FN2O3S2/c1-4-5-9-17-14-26(16-10-7-6-8-11-16)19-12-22(30-3)20(13-21(19)31-25(17)2)29-15-18(24)23(27)28/h12-13,15-17H,4-11,14H2,1-3H3,(H,27,28)/b18-15-. The van der Waals surface area contributed by atoms with E-state index in [1.807, 2.05) is 12.3 Å².